The fraction of sp³-hybridized carbons (Fsp3) is 0.889. The predicted octanol–water partition coefficient (Wildman–Crippen LogP) is 2.43. The number of hydrogen-bond donors (Lipinski definition) is 1. The second kappa shape index (κ2) is 8.97. The Morgan fingerprint density at radius 2 is 2.00 bits per heavy atom. The second-order valence-corrected chi connectivity index (χ2v) is 9.28. The number of nitrogens with zero attached hydrogens (tertiary/aromatic N) is 3. The fourth-order valence-electron chi connectivity index (χ4n) is 3.37. The molecule has 2 rings (SSSR count). The first-order valence-electron chi connectivity index (χ1n) is 9.29. The van der Waals surface area contributed by atoms with Gasteiger partial charge in [-0.25, -0.2) is 4.99 Å². The van der Waals surface area contributed by atoms with Gasteiger partial charge >= 0.3 is 0 Å². The van der Waals surface area contributed by atoms with Crippen molar-refractivity contribution in [2.75, 3.05) is 46.0 Å². The van der Waals surface area contributed by atoms with Gasteiger partial charge in [0.15, 0.2) is 5.96 Å². The molecule has 6 heteroatoms. The lowest BCUT2D eigenvalue weighted by molar-refractivity contribution is -0.127. The maximum absolute atomic E-state index is 11.9. The molecule has 2 fully saturated rings. The maximum atomic E-state index is 11.9. The molecule has 0 radical (unpaired) electrons. The molecule has 0 aromatic carbocycles. The summed E-state index contributed by atoms with van der Waals surface area (Å²) in [5, 5.41) is 3.50. The number of aliphatic imine (C=N–C) groups is 1. The van der Waals surface area contributed by atoms with Gasteiger partial charge in [0.1, 0.15) is 6.54 Å². The number of carbonyl (C=O) groups is 1. The molecular weight excluding hydrogens is 320 g/mol. The number of likely N-dealkylation sites (N-methyl/N-ethyl adjacent to an activating group) is 1. The zero-order valence-electron chi connectivity index (χ0n) is 15.8. The summed E-state index contributed by atoms with van der Waals surface area (Å²) < 4.78 is 0.405. The standard InChI is InChI=1S/C18H34N4OS/c1-15(2)12-19-17(20-13-16(23)21(3)4)22-10-11-24-18(14-22)8-6-5-7-9-18/h15H,5-14H2,1-4H3,(H,19,20). The summed E-state index contributed by atoms with van der Waals surface area (Å²) in [4.78, 5) is 20.6. The van der Waals surface area contributed by atoms with E-state index in [1.807, 2.05) is 0 Å². The van der Waals surface area contributed by atoms with Gasteiger partial charge in [-0.2, -0.15) is 11.8 Å². The Labute approximate surface area is 151 Å². The van der Waals surface area contributed by atoms with Crippen LogP contribution >= 0.6 is 11.8 Å². The molecule has 1 amide bonds. The van der Waals surface area contributed by atoms with E-state index in [-0.39, 0.29) is 12.5 Å². The zero-order valence-corrected chi connectivity index (χ0v) is 16.6. The van der Waals surface area contributed by atoms with E-state index in [0.717, 1.165) is 31.3 Å². The summed E-state index contributed by atoms with van der Waals surface area (Å²) in [5.41, 5.74) is 0. The van der Waals surface area contributed by atoms with Crippen LogP contribution < -0.4 is 5.32 Å². The zero-order chi connectivity index (χ0) is 17.6. The Bertz CT molecular complexity index is 439. The highest BCUT2D eigenvalue weighted by atomic mass is 32.2. The summed E-state index contributed by atoms with van der Waals surface area (Å²) in [6.07, 6.45) is 6.73. The van der Waals surface area contributed by atoms with Gasteiger partial charge < -0.3 is 15.1 Å². The van der Waals surface area contributed by atoms with Crippen molar-refractivity contribution in [2.24, 2.45) is 10.9 Å². The van der Waals surface area contributed by atoms with Crippen molar-refractivity contribution in [1.29, 1.82) is 0 Å². The highest BCUT2D eigenvalue weighted by Crippen LogP contribution is 2.42. The van der Waals surface area contributed by atoms with Crippen molar-refractivity contribution in [3.8, 4) is 0 Å². The lowest BCUT2D eigenvalue weighted by Crippen LogP contribution is -2.54. The van der Waals surface area contributed by atoms with Gasteiger partial charge in [0, 0.05) is 44.2 Å². The first-order valence-corrected chi connectivity index (χ1v) is 10.3. The third kappa shape index (κ3) is 5.57. The van der Waals surface area contributed by atoms with Gasteiger partial charge in [0.2, 0.25) is 5.91 Å². The van der Waals surface area contributed by atoms with Crippen molar-refractivity contribution >= 4 is 23.6 Å². The van der Waals surface area contributed by atoms with Crippen LogP contribution in [0.2, 0.25) is 0 Å². The van der Waals surface area contributed by atoms with Crippen molar-refractivity contribution in [3.05, 3.63) is 0 Å². The first-order chi connectivity index (χ1) is 11.4. The van der Waals surface area contributed by atoms with Crippen LogP contribution in [0.1, 0.15) is 46.0 Å². The van der Waals surface area contributed by atoms with Crippen LogP contribution in [0.5, 0.6) is 0 Å². The Balaban J connectivity index is 2.06. The van der Waals surface area contributed by atoms with Crippen LogP contribution in [0.15, 0.2) is 4.99 Å². The van der Waals surface area contributed by atoms with E-state index in [4.69, 9.17) is 0 Å². The van der Waals surface area contributed by atoms with Gasteiger partial charge in [0.25, 0.3) is 0 Å². The Hall–Kier alpha value is -0.910. The molecule has 0 bridgehead atoms. The Kier molecular flexibility index (Phi) is 7.26. The van der Waals surface area contributed by atoms with Gasteiger partial charge in [-0.1, -0.05) is 33.1 Å². The van der Waals surface area contributed by atoms with Crippen molar-refractivity contribution in [2.45, 2.75) is 50.7 Å². The average molecular weight is 355 g/mol. The molecule has 0 atom stereocenters. The molecule has 0 unspecified atom stereocenters. The monoisotopic (exact) mass is 354 g/mol. The molecule has 1 heterocycles. The summed E-state index contributed by atoms with van der Waals surface area (Å²) in [7, 11) is 3.57. The van der Waals surface area contributed by atoms with Gasteiger partial charge in [-0.15, -0.1) is 0 Å². The fourth-order valence-corrected chi connectivity index (χ4v) is 4.94. The molecule has 1 spiro atoms. The number of hydrogen-bond acceptors (Lipinski definition) is 3. The third-order valence-corrected chi connectivity index (χ3v) is 6.38. The van der Waals surface area contributed by atoms with E-state index in [1.54, 1.807) is 19.0 Å². The maximum Gasteiger partial charge on any atom is 0.243 e. The topological polar surface area (TPSA) is 47.9 Å². The quantitative estimate of drug-likeness (QED) is 0.622. The van der Waals surface area contributed by atoms with E-state index in [2.05, 4.69) is 40.8 Å². The lowest BCUT2D eigenvalue weighted by atomic mass is 9.87. The minimum Gasteiger partial charge on any atom is -0.356 e. The Morgan fingerprint density at radius 3 is 2.62 bits per heavy atom. The molecule has 138 valence electrons. The summed E-state index contributed by atoms with van der Waals surface area (Å²) in [6.45, 7) is 7.61. The minimum absolute atomic E-state index is 0.0533. The molecule has 1 aliphatic heterocycles. The molecule has 2 aliphatic rings. The van der Waals surface area contributed by atoms with Crippen molar-refractivity contribution in [1.82, 2.24) is 15.1 Å². The molecule has 1 saturated heterocycles. The lowest BCUT2D eigenvalue weighted by Gasteiger charge is -2.45. The smallest absolute Gasteiger partial charge is 0.243 e. The molecule has 0 aromatic heterocycles. The molecule has 1 N–H and O–H groups in total. The number of thioether (sulfide) groups is 1. The number of nitrogens with one attached hydrogen (secondary N) is 1. The molecule has 24 heavy (non-hydrogen) atoms. The van der Waals surface area contributed by atoms with E-state index >= 15 is 0 Å². The second-order valence-electron chi connectivity index (χ2n) is 7.72. The van der Waals surface area contributed by atoms with Crippen molar-refractivity contribution in [3.63, 3.8) is 0 Å². The van der Waals surface area contributed by atoms with E-state index in [1.165, 1.54) is 32.1 Å². The van der Waals surface area contributed by atoms with E-state index in [9.17, 15) is 4.79 Å². The molecule has 1 aliphatic carbocycles. The van der Waals surface area contributed by atoms with Crippen LogP contribution in [0.4, 0.5) is 0 Å². The highest BCUT2D eigenvalue weighted by Gasteiger charge is 2.38. The Morgan fingerprint density at radius 1 is 1.29 bits per heavy atom. The van der Waals surface area contributed by atoms with Crippen LogP contribution in [0, 0.1) is 5.92 Å². The molecule has 5 nitrogen and oxygen atoms in total. The van der Waals surface area contributed by atoms with Gasteiger partial charge in [-0.3, -0.25) is 4.79 Å². The van der Waals surface area contributed by atoms with Crippen LogP contribution in [-0.4, -0.2) is 72.4 Å². The van der Waals surface area contributed by atoms with Crippen LogP contribution in [-0.2, 0) is 4.79 Å². The SMILES string of the molecule is CC(C)CNC(=NCC(=O)N(C)C)N1CCSC2(CCCCC2)C1. The molecular formula is C18H34N4OS. The largest absolute Gasteiger partial charge is 0.356 e. The average Bonchev–Trinajstić information content (AvgIpc) is 2.55. The van der Waals surface area contributed by atoms with Gasteiger partial charge in [0.05, 0.1) is 0 Å². The summed E-state index contributed by atoms with van der Waals surface area (Å²) in [6, 6.07) is 0. The van der Waals surface area contributed by atoms with Crippen LogP contribution in [0.3, 0.4) is 0 Å². The van der Waals surface area contributed by atoms with E-state index in [0.29, 0.717) is 10.7 Å². The number of carbonyl (C=O) groups excluding carboxylic acids is 1. The van der Waals surface area contributed by atoms with Crippen LogP contribution in [0.25, 0.3) is 0 Å². The summed E-state index contributed by atoms with van der Waals surface area (Å²) in [5.74, 6) is 2.69. The predicted molar refractivity (Wildman–Crippen MR) is 104 cm³/mol. The molecule has 0 aromatic rings. The van der Waals surface area contributed by atoms with E-state index < -0.39 is 0 Å². The number of rotatable bonds is 4. The van der Waals surface area contributed by atoms with Crippen molar-refractivity contribution < 1.29 is 4.79 Å². The normalized spacial score (nSPS) is 21.2. The number of amides is 1. The number of guanidine groups is 1. The minimum atomic E-state index is 0.0533. The highest BCUT2D eigenvalue weighted by molar-refractivity contribution is 8.00. The summed E-state index contributed by atoms with van der Waals surface area (Å²) >= 11 is 2.16. The van der Waals surface area contributed by atoms with Gasteiger partial charge in [-0.05, 0) is 18.8 Å². The molecule has 1 saturated carbocycles. The first kappa shape index (κ1) is 19.4. The third-order valence-electron chi connectivity index (χ3n) is 4.84.